The van der Waals surface area contributed by atoms with Gasteiger partial charge in [0.2, 0.25) is 0 Å². The van der Waals surface area contributed by atoms with Gasteiger partial charge in [0.25, 0.3) is 0 Å². The summed E-state index contributed by atoms with van der Waals surface area (Å²) in [5.41, 5.74) is 5.10. The summed E-state index contributed by atoms with van der Waals surface area (Å²) in [7, 11) is 0. The summed E-state index contributed by atoms with van der Waals surface area (Å²) < 4.78 is 38.1. The standard InChI is InChI=1S/C10H18F3N3O/c1-7-2-4-16(5-3-7)6-8(9(14)15-17)10(11,12)13/h7-8,17H,2-6H2,1H3,(H2,14,15). The molecule has 7 heteroatoms. The highest BCUT2D eigenvalue weighted by Gasteiger charge is 2.43. The first kappa shape index (κ1) is 14.1. The zero-order chi connectivity index (χ0) is 13.1. The Hall–Kier alpha value is -0.980. The molecule has 17 heavy (non-hydrogen) atoms. The molecular weight excluding hydrogens is 235 g/mol. The molecule has 1 heterocycles. The van der Waals surface area contributed by atoms with Crippen molar-refractivity contribution in [3.8, 4) is 0 Å². The van der Waals surface area contributed by atoms with E-state index in [1.807, 2.05) is 0 Å². The van der Waals surface area contributed by atoms with Gasteiger partial charge in [0.15, 0.2) is 5.84 Å². The predicted molar refractivity (Wildman–Crippen MR) is 57.8 cm³/mol. The van der Waals surface area contributed by atoms with E-state index in [-0.39, 0.29) is 6.54 Å². The van der Waals surface area contributed by atoms with E-state index >= 15 is 0 Å². The van der Waals surface area contributed by atoms with Gasteiger partial charge < -0.3 is 15.8 Å². The van der Waals surface area contributed by atoms with Crippen LogP contribution in [0, 0.1) is 11.8 Å². The number of likely N-dealkylation sites (tertiary alicyclic amines) is 1. The third-order valence-corrected chi connectivity index (χ3v) is 3.18. The quantitative estimate of drug-likeness (QED) is 0.348. The third-order valence-electron chi connectivity index (χ3n) is 3.18. The molecule has 0 bridgehead atoms. The summed E-state index contributed by atoms with van der Waals surface area (Å²) in [5, 5.41) is 10.9. The highest BCUT2D eigenvalue weighted by atomic mass is 19.4. The van der Waals surface area contributed by atoms with Crippen LogP contribution in [0.3, 0.4) is 0 Å². The van der Waals surface area contributed by atoms with Crippen LogP contribution in [-0.4, -0.2) is 41.8 Å². The SMILES string of the molecule is CC1CCN(CC(C(N)=NO)C(F)(F)F)CC1. The lowest BCUT2D eigenvalue weighted by Crippen LogP contribution is -2.46. The Kier molecular flexibility index (Phi) is 4.62. The van der Waals surface area contributed by atoms with Crippen molar-refractivity contribution in [1.29, 1.82) is 0 Å². The second-order valence-electron chi connectivity index (χ2n) is 4.60. The number of rotatable bonds is 3. The molecule has 1 aliphatic heterocycles. The molecule has 0 amide bonds. The van der Waals surface area contributed by atoms with Gasteiger partial charge in [-0.1, -0.05) is 12.1 Å². The van der Waals surface area contributed by atoms with E-state index < -0.39 is 17.9 Å². The van der Waals surface area contributed by atoms with Crippen molar-refractivity contribution in [2.45, 2.75) is 25.9 Å². The summed E-state index contributed by atoms with van der Waals surface area (Å²) in [4.78, 5) is 1.72. The molecule has 1 fully saturated rings. The second-order valence-corrected chi connectivity index (χ2v) is 4.60. The summed E-state index contributed by atoms with van der Waals surface area (Å²) in [5.74, 6) is -2.10. The maximum atomic E-state index is 12.7. The van der Waals surface area contributed by atoms with Crippen molar-refractivity contribution in [2.75, 3.05) is 19.6 Å². The largest absolute Gasteiger partial charge is 0.409 e. The molecule has 1 saturated heterocycles. The number of nitrogens with zero attached hydrogens (tertiary/aromatic N) is 2. The Morgan fingerprint density at radius 2 is 2.00 bits per heavy atom. The molecule has 1 rings (SSSR count). The molecule has 1 atom stereocenters. The monoisotopic (exact) mass is 253 g/mol. The van der Waals surface area contributed by atoms with Crippen molar-refractivity contribution < 1.29 is 18.4 Å². The van der Waals surface area contributed by atoms with Gasteiger partial charge in [-0.05, 0) is 31.8 Å². The number of piperidine rings is 1. The average molecular weight is 253 g/mol. The van der Waals surface area contributed by atoms with Gasteiger partial charge in [0.1, 0.15) is 5.92 Å². The van der Waals surface area contributed by atoms with E-state index in [4.69, 9.17) is 10.9 Å². The molecule has 0 aromatic rings. The van der Waals surface area contributed by atoms with Crippen LogP contribution in [0.1, 0.15) is 19.8 Å². The van der Waals surface area contributed by atoms with Crippen molar-refractivity contribution in [1.82, 2.24) is 4.90 Å². The van der Waals surface area contributed by atoms with Crippen LogP contribution in [0.4, 0.5) is 13.2 Å². The van der Waals surface area contributed by atoms with Gasteiger partial charge in [-0.25, -0.2) is 0 Å². The Bertz CT molecular complexity index is 272. The van der Waals surface area contributed by atoms with Gasteiger partial charge in [0, 0.05) is 6.54 Å². The van der Waals surface area contributed by atoms with Crippen molar-refractivity contribution >= 4 is 5.84 Å². The highest BCUT2D eigenvalue weighted by molar-refractivity contribution is 5.83. The normalized spacial score (nSPS) is 22.7. The number of hydrogen-bond donors (Lipinski definition) is 2. The smallest absolute Gasteiger partial charge is 0.400 e. The van der Waals surface area contributed by atoms with E-state index in [0.29, 0.717) is 19.0 Å². The first-order chi connectivity index (χ1) is 7.84. The van der Waals surface area contributed by atoms with E-state index in [9.17, 15) is 13.2 Å². The molecule has 1 unspecified atom stereocenters. The molecule has 0 saturated carbocycles. The van der Waals surface area contributed by atoms with Gasteiger partial charge in [-0.15, -0.1) is 0 Å². The molecule has 0 aromatic carbocycles. The van der Waals surface area contributed by atoms with E-state index in [0.717, 1.165) is 12.8 Å². The number of halogens is 3. The van der Waals surface area contributed by atoms with Crippen molar-refractivity contribution in [3.63, 3.8) is 0 Å². The van der Waals surface area contributed by atoms with Crippen LogP contribution in [0.15, 0.2) is 5.16 Å². The average Bonchev–Trinajstić information content (AvgIpc) is 2.25. The summed E-state index contributed by atoms with van der Waals surface area (Å²) >= 11 is 0. The summed E-state index contributed by atoms with van der Waals surface area (Å²) in [6.45, 7) is 3.12. The van der Waals surface area contributed by atoms with Crippen LogP contribution in [0.2, 0.25) is 0 Å². The zero-order valence-electron chi connectivity index (χ0n) is 9.74. The third kappa shape index (κ3) is 4.07. The molecule has 0 aromatic heterocycles. The van der Waals surface area contributed by atoms with Gasteiger partial charge in [0.05, 0.1) is 0 Å². The predicted octanol–water partition coefficient (Wildman–Crippen LogP) is 1.64. The zero-order valence-corrected chi connectivity index (χ0v) is 9.74. The fraction of sp³-hybridized carbons (Fsp3) is 0.900. The Labute approximate surface area is 98.3 Å². The van der Waals surface area contributed by atoms with E-state index in [2.05, 4.69) is 12.1 Å². The number of hydrogen-bond acceptors (Lipinski definition) is 3. The molecule has 4 nitrogen and oxygen atoms in total. The number of alkyl halides is 3. The molecule has 3 N–H and O–H groups in total. The summed E-state index contributed by atoms with van der Waals surface area (Å²) in [6, 6.07) is 0. The Morgan fingerprint density at radius 3 is 2.41 bits per heavy atom. The number of amidine groups is 1. The number of nitrogens with two attached hydrogens (primary N) is 1. The molecule has 0 radical (unpaired) electrons. The fourth-order valence-electron chi connectivity index (χ4n) is 1.94. The molecule has 0 aliphatic carbocycles. The number of oxime groups is 1. The lowest BCUT2D eigenvalue weighted by Gasteiger charge is -2.33. The van der Waals surface area contributed by atoms with Crippen molar-refractivity contribution in [3.05, 3.63) is 0 Å². The van der Waals surface area contributed by atoms with Crippen molar-refractivity contribution in [2.24, 2.45) is 22.7 Å². The maximum Gasteiger partial charge on any atom is 0.400 e. The van der Waals surface area contributed by atoms with Crippen LogP contribution >= 0.6 is 0 Å². The van der Waals surface area contributed by atoms with E-state index in [1.165, 1.54) is 0 Å². The van der Waals surface area contributed by atoms with Gasteiger partial charge >= 0.3 is 6.18 Å². The van der Waals surface area contributed by atoms with E-state index in [1.54, 1.807) is 4.90 Å². The lowest BCUT2D eigenvalue weighted by molar-refractivity contribution is -0.160. The molecule has 100 valence electrons. The van der Waals surface area contributed by atoms with Crippen LogP contribution < -0.4 is 5.73 Å². The van der Waals surface area contributed by atoms with Gasteiger partial charge in [-0.3, -0.25) is 0 Å². The van der Waals surface area contributed by atoms with Gasteiger partial charge in [-0.2, -0.15) is 13.2 Å². The minimum Gasteiger partial charge on any atom is -0.409 e. The second kappa shape index (κ2) is 5.57. The minimum absolute atomic E-state index is 0.230. The summed E-state index contributed by atoms with van der Waals surface area (Å²) in [6.07, 6.45) is -2.69. The topological polar surface area (TPSA) is 61.8 Å². The minimum atomic E-state index is -4.47. The maximum absolute atomic E-state index is 12.7. The van der Waals surface area contributed by atoms with Crippen LogP contribution in [0.5, 0.6) is 0 Å². The highest BCUT2D eigenvalue weighted by Crippen LogP contribution is 2.28. The Morgan fingerprint density at radius 1 is 1.47 bits per heavy atom. The molecule has 1 aliphatic rings. The fourth-order valence-corrected chi connectivity index (χ4v) is 1.94. The first-order valence-electron chi connectivity index (χ1n) is 5.61. The Balaban J connectivity index is 2.61. The first-order valence-corrected chi connectivity index (χ1v) is 5.61. The van der Waals surface area contributed by atoms with Crippen LogP contribution in [0.25, 0.3) is 0 Å². The molecular formula is C10H18F3N3O. The molecule has 0 spiro atoms. The lowest BCUT2D eigenvalue weighted by atomic mass is 9.97. The van der Waals surface area contributed by atoms with Crippen LogP contribution in [-0.2, 0) is 0 Å².